The van der Waals surface area contributed by atoms with Gasteiger partial charge in [0.1, 0.15) is 5.76 Å². The van der Waals surface area contributed by atoms with E-state index in [0.29, 0.717) is 24.3 Å². The van der Waals surface area contributed by atoms with Gasteiger partial charge in [0, 0.05) is 29.7 Å². The molecule has 0 aliphatic heterocycles. The number of hydrogen-bond donors (Lipinski definition) is 3. The summed E-state index contributed by atoms with van der Waals surface area (Å²) in [7, 11) is 0. The van der Waals surface area contributed by atoms with Crippen molar-refractivity contribution < 1.29 is 14.0 Å². The van der Waals surface area contributed by atoms with Gasteiger partial charge in [-0.1, -0.05) is 12.1 Å². The standard InChI is InChI=1S/C23H28N4O3/c1-15(2)25-23(29)26-19-9-7-18(8-10-19)13-24-22(28)21-12-16(3)27(17(21)4)14-20-6-5-11-30-20/h5-12,15H,13-14H2,1-4H3,(H,24,28)(H2,25,26,29). The van der Waals surface area contributed by atoms with Crippen molar-refractivity contribution in [3.63, 3.8) is 0 Å². The number of furan rings is 1. The number of amides is 3. The summed E-state index contributed by atoms with van der Waals surface area (Å²) in [5, 5.41) is 8.52. The first-order valence-electron chi connectivity index (χ1n) is 9.97. The highest BCUT2D eigenvalue weighted by Gasteiger charge is 2.16. The molecule has 3 N–H and O–H groups in total. The van der Waals surface area contributed by atoms with Gasteiger partial charge in [-0.05, 0) is 63.6 Å². The molecule has 3 rings (SSSR count). The summed E-state index contributed by atoms with van der Waals surface area (Å²) < 4.78 is 7.49. The van der Waals surface area contributed by atoms with Crippen LogP contribution in [-0.4, -0.2) is 22.5 Å². The molecule has 0 unspecified atom stereocenters. The first-order chi connectivity index (χ1) is 14.3. The molecule has 1 aromatic carbocycles. The van der Waals surface area contributed by atoms with Gasteiger partial charge >= 0.3 is 6.03 Å². The molecule has 0 saturated heterocycles. The van der Waals surface area contributed by atoms with Crippen molar-refractivity contribution in [3.8, 4) is 0 Å². The zero-order valence-corrected chi connectivity index (χ0v) is 17.8. The summed E-state index contributed by atoms with van der Waals surface area (Å²) in [6, 6.07) is 12.9. The zero-order valence-electron chi connectivity index (χ0n) is 17.8. The normalized spacial score (nSPS) is 10.8. The number of nitrogens with one attached hydrogen (secondary N) is 3. The third-order valence-electron chi connectivity index (χ3n) is 4.80. The molecule has 0 spiro atoms. The van der Waals surface area contributed by atoms with Gasteiger partial charge < -0.3 is 24.9 Å². The van der Waals surface area contributed by atoms with Crippen molar-refractivity contribution >= 4 is 17.6 Å². The van der Waals surface area contributed by atoms with Crippen LogP contribution in [0.1, 0.15) is 46.9 Å². The van der Waals surface area contributed by atoms with Crippen LogP contribution < -0.4 is 16.0 Å². The van der Waals surface area contributed by atoms with Crippen molar-refractivity contribution in [2.24, 2.45) is 0 Å². The smallest absolute Gasteiger partial charge is 0.319 e. The van der Waals surface area contributed by atoms with Crippen molar-refractivity contribution in [2.45, 2.75) is 46.8 Å². The summed E-state index contributed by atoms with van der Waals surface area (Å²) in [6.45, 7) is 8.72. The van der Waals surface area contributed by atoms with E-state index < -0.39 is 0 Å². The molecule has 2 heterocycles. The minimum atomic E-state index is -0.240. The molecular weight excluding hydrogens is 380 g/mol. The number of rotatable bonds is 7. The van der Waals surface area contributed by atoms with Crippen LogP contribution in [0.25, 0.3) is 0 Å². The van der Waals surface area contributed by atoms with E-state index in [9.17, 15) is 9.59 Å². The Morgan fingerprint density at radius 2 is 1.83 bits per heavy atom. The molecule has 0 aliphatic rings. The molecule has 0 aliphatic carbocycles. The molecule has 2 aromatic heterocycles. The topological polar surface area (TPSA) is 88.3 Å². The van der Waals surface area contributed by atoms with Gasteiger partial charge in [-0.25, -0.2) is 4.79 Å². The molecule has 0 fully saturated rings. The summed E-state index contributed by atoms with van der Waals surface area (Å²) in [5.41, 5.74) is 4.20. The van der Waals surface area contributed by atoms with Crippen molar-refractivity contribution in [1.82, 2.24) is 15.2 Å². The molecule has 0 radical (unpaired) electrons. The number of aromatic nitrogens is 1. The first-order valence-corrected chi connectivity index (χ1v) is 9.97. The lowest BCUT2D eigenvalue weighted by Crippen LogP contribution is -2.34. The Hall–Kier alpha value is -3.48. The van der Waals surface area contributed by atoms with Crippen LogP contribution in [0, 0.1) is 13.8 Å². The minimum Gasteiger partial charge on any atom is -0.467 e. The van der Waals surface area contributed by atoms with Gasteiger partial charge in [-0.15, -0.1) is 0 Å². The van der Waals surface area contributed by atoms with Gasteiger partial charge in [0.05, 0.1) is 18.4 Å². The van der Waals surface area contributed by atoms with E-state index in [1.165, 1.54) is 0 Å². The average molecular weight is 409 g/mol. The number of carbonyl (C=O) groups is 2. The van der Waals surface area contributed by atoms with E-state index in [2.05, 4.69) is 20.5 Å². The molecule has 0 saturated carbocycles. The quantitative estimate of drug-likeness (QED) is 0.547. The van der Waals surface area contributed by atoms with Crippen molar-refractivity contribution in [2.75, 3.05) is 5.32 Å². The Labute approximate surface area is 176 Å². The summed E-state index contributed by atoms with van der Waals surface area (Å²) in [6.07, 6.45) is 1.65. The first kappa shape index (κ1) is 21.2. The fourth-order valence-corrected chi connectivity index (χ4v) is 3.25. The molecule has 158 valence electrons. The molecule has 0 atom stereocenters. The van der Waals surface area contributed by atoms with E-state index in [1.54, 1.807) is 6.26 Å². The molecule has 0 bridgehead atoms. The number of urea groups is 1. The van der Waals surface area contributed by atoms with Gasteiger partial charge in [0.2, 0.25) is 0 Å². The number of hydrogen-bond acceptors (Lipinski definition) is 3. The average Bonchev–Trinajstić information content (AvgIpc) is 3.30. The van der Waals surface area contributed by atoms with Gasteiger partial charge in [0.25, 0.3) is 5.91 Å². The third-order valence-corrected chi connectivity index (χ3v) is 4.80. The van der Waals surface area contributed by atoms with Gasteiger partial charge in [0.15, 0.2) is 0 Å². The van der Waals surface area contributed by atoms with E-state index in [4.69, 9.17) is 4.42 Å². The third kappa shape index (κ3) is 5.31. The number of benzene rings is 1. The monoisotopic (exact) mass is 408 g/mol. The lowest BCUT2D eigenvalue weighted by Gasteiger charge is -2.11. The maximum absolute atomic E-state index is 12.7. The number of carbonyl (C=O) groups excluding carboxylic acids is 2. The maximum atomic E-state index is 12.7. The summed E-state index contributed by atoms with van der Waals surface area (Å²) in [5.74, 6) is 0.729. The lowest BCUT2D eigenvalue weighted by atomic mass is 10.2. The van der Waals surface area contributed by atoms with E-state index in [0.717, 1.165) is 22.7 Å². The highest BCUT2D eigenvalue weighted by molar-refractivity contribution is 5.95. The van der Waals surface area contributed by atoms with Crippen LogP contribution >= 0.6 is 0 Å². The van der Waals surface area contributed by atoms with Crippen LogP contribution in [0.4, 0.5) is 10.5 Å². The van der Waals surface area contributed by atoms with Gasteiger partial charge in [-0.2, -0.15) is 0 Å². The predicted molar refractivity (Wildman–Crippen MR) is 117 cm³/mol. The number of aryl methyl sites for hydroxylation is 1. The van der Waals surface area contributed by atoms with Crippen molar-refractivity contribution in [1.29, 1.82) is 0 Å². The fourth-order valence-electron chi connectivity index (χ4n) is 3.25. The molecule has 3 amide bonds. The zero-order chi connectivity index (χ0) is 21.7. The Balaban J connectivity index is 1.58. The summed E-state index contributed by atoms with van der Waals surface area (Å²) in [4.78, 5) is 24.5. The van der Waals surface area contributed by atoms with E-state index in [-0.39, 0.29) is 18.0 Å². The number of nitrogens with zero attached hydrogens (tertiary/aromatic N) is 1. The largest absolute Gasteiger partial charge is 0.467 e. The maximum Gasteiger partial charge on any atom is 0.319 e. The van der Waals surface area contributed by atoms with E-state index in [1.807, 2.05) is 70.2 Å². The van der Waals surface area contributed by atoms with Crippen molar-refractivity contribution in [3.05, 3.63) is 77.0 Å². The Morgan fingerprint density at radius 1 is 1.10 bits per heavy atom. The molecule has 3 aromatic rings. The van der Waals surface area contributed by atoms with Crippen LogP contribution in [0.3, 0.4) is 0 Å². The molecule has 7 nitrogen and oxygen atoms in total. The Morgan fingerprint density at radius 3 is 2.47 bits per heavy atom. The highest BCUT2D eigenvalue weighted by Crippen LogP contribution is 2.18. The lowest BCUT2D eigenvalue weighted by molar-refractivity contribution is 0.0950. The molecular formula is C23H28N4O3. The fraction of sp³-hybridized carbons (Fsp3) is 0.304. The molecule has 30 heavy (non-hydrogen) atoms. The van der Waals surface area contributed by atoms with Gasteiger partial charge in [-0.3, -0.25) is 4.79 Å². The number of anilines is 1. The van der Waals surface area contributed by atoms with Crippen LogP contribution in [0.2, 0.25) is 0 Å². The van der Waals surface area contributed by atoms with E-state index >= 15 is 0 Å². The van der Waals surface area contributed by atoms with Crippen LogP contribution in [0.15, 0.2) is 53.1 Å². The Bertz CT molecular complexity index is 1000. The predicted octanol–water partition coefficient (Wildman–Crippen LogP) is 4.21. The second kappa shape index (κ2) is 9.35. The Kier molecular flexibility index (Phi) is 6.61. The highest BCUT2D eigenvalue weighted by atomic mass is 16.3. The summed E-state index contributed by atoms with van der Waals surface area (Å²) >= 11 is 0. The minimum absolute atomic E-state index is 0.0699. The molecule has 7 heteroatoms. The van der Waals surface area contributed by atoms with Crippen LogP contribution in [-0.2, 0) is 13.1 Å². The second-order valence-corrected chi connectivity index (χ2v) is 7.58. The second-order valence-electron chi connectivity index (χ2n) is 7.58. The SMILES string of the molecule is Cc1cc(C(=O)NCc2ccc(NC(=O)NC(C)C)cc2)c(C)n1Cc1ccco1. The van der Waals surface area contributed by atoms with Crippen LogP contribution in [0.5, 0.6) is 0 Å².